The number of hydrogen-bond donors (Lipinski definition) is 0. The number of amides is 1. The van der Waals surface area contributed by atoms with Crippen molar-refractivity contribution in [3.63, 3.8) is 0 Å². The molecule has 0 aromatic carbocycles. The van der Waals surface area contributed by atoms with Crippen molar-refractivity contribution in [2.75, 3.05) is 24.5 Å². The summed E-state index contributed by atoms with van der Waals surface area (Å²) in [4.78, 5) is 23.5. The van der Waals surface area contributed by atoms with Crippen LogP contribution < -0.4 is 4.90 Å². The Balaban J connectivity index is 2.31. The van der Waals surface area contributed by atoms with Crippen molar-refractivity contribution in [1.82, 2.24) is 14.9 Å². The maximum absolute atomic E-state index is 13.4. The minimum atomic E-state index is -4.68. The van der Waals surface area contributed by atoms with E-state index in [0.717, 1.165) is 6.20 Å². The van der Waals surface area contributed by atoms with E-state index in [9.17, 15) is 18.0 Å². The van der Waals surface area contributed by atoms with Crippen LogP contribution in [0.1, 0.15) is 45.9 Å². The van der Waals surface area contributed by atoms with Crippen LogP contribution in [0.15, 0.2) is 6.20 Å². The molecular weight excluding hydrogens is 387 g/mol. The lowest BCUT2D eigenvalue weighted by Gasteiger charge is -2.43. The fourth-order valence-corrected chi connectivity index (χ4v) is 3.12. The zero-order valence-corrected chi connectivity index (χ0v) is 17.2. The van der Waals surface area contributed by atoms with Crippen LogP contribution in [-0.4, -0.2) is 52.2 Å². The van der Waals surface area contributed by atoms with E-state index >= 15 is 0 Å². The highest BCUT2D eigenvalue weighted by Gasteiger charge is 2.39. The molecule has 7 nitrogen and oxygen atoms in total. The molecule has 2 rings (SSSR count). The van der Waals surface area contributed by atoms with Crippen LogP contribution in [0, 0.1) is 17.2 Å². The molecule has 1 fully saturated rings. The molecule has 0 bridgehead atoms. The lowest BCUT2D eigenvalue weighted by Crippen LogP contribution is -2.58. The van der Waals surface area contributed by atoms with Gasteiger partial charge in [0.05, 0.1) is 18.5 Å². The topological polar surface area (TPSA) is 82.4 Å². The molecule has 2 heterocycles. The molecule has 1 amide bonds. The molecule has 0 unspecified atom stereocenters. The SMILES string of the molecule is CC(C)[C@@H]1CN(C(=O)OC(C)(C)C)CCN1c1ncc(CC#N)c(C(F)(F)F)n1. The van der Waals surface area contributed by atoms with Crippen LogP contribution in [0.4, 0.5) is 23.9 Å². The molecule has 1 aliphatic heterocycles. The van der Waals surface area contributed by atoms with E-state index in [1.54, 1.807) is 36.6 Å². The number of hydrogen-bond acceptors (Lipinski definition) is 6. The highest BCUT2D eigenvalue weighted by molar-refractivity contribution is 5.68. The predicted molar refractivity (Wildman–Crippen MR) is 100 cm³/mol. The summed E-state index contributed by atoms with van der Waals surface area (Å²) in [6.07, 6.45) is -4.50. The van der Waals surface area contributed by atoms with Gasteiger partial charge >= 0.3 is 12.3 Å². The van der Waals surface area contributed by atoms with E-state index in [-0.39, 0.29) is 43.1 Å². The number of carbonyl (C=O) groups excluding carboxylic acids is 1. The van der Waals surface area contributed by atoms with E-state index in [1.807, 2.05) is 13.8 Å². The third-order valence-corrected chi connectivity index (χ3v) is 4.49. The van der Waals surface area contributed by atoms with Crippen molar-refractivity contribution in [3.8, 4) is 6.07 Å². The van der Waals surface area contributed by atoms with Crippen LogP contribution >= 0.6 is 0 Å². The van der Waals surface area contributed by atoms with E-state index in [1.165, 1.54) is 0 Å². The molecule has 1 aromatic heterocycles. The average molecular weight is 413 g/mol. The molecule has 0 spiro atoms. The van der Waals surface area contributed by atoms with Crippen molar-refractivity contribution in [1.29, 1.82) is 5.26 Å². The standard InChI is InChI=1S/C19H26F3N5O2/c1-12(2)14-11-26(17(28)29-18(3,4)5)8-9-27(14)16-24-10-13(6-7-23)15(25-16)19(20,21)22/h10,12,14H,6,8-9,11H2,1-5H3/t14-/m0/s1. The monoisotopic (exact) mass is 413 g/mol. The second-order valence-electron chi connectivity index (χ2n) is 8.31. The second kappa shape index (κ2) is 8.43. The first kappa shape index (κ1) is 22.7. The molecule has 0 radical (unpaired) electrons. The number of alkyl halides is 3. The molecule has 1 saturated heterocycles. The Morgan fingerprint density at radius 3 is 2.52 bits per heavy atom. The third kappa shape index (κ3) is 5.71. The van der Waals surface area contributed by atoms with Gasteiger partial charge in [-0.25, -0.2) is 14.8 Å². The number of rotatable bonds is 3. The summed E-state index contributed by atoms with van der Waals surface area (Å²) in [5.41, 5.74) is -1.98. The van der Waals surface area contributed by atoms with E-state index < -0.39 is 30.0 Å². The van der Waals surface area contributed by atoms with Gasteiger partial charge in [-0.05, 0) is 26.7 Å². The van der Waals surface area contributed by atoms with Crippen molar-refractivity contribution < 1.29 is 22.7 Å². The highest BCUT2D eigenvalue weighted by Crippen LogP contribution is 2.32. The maximum atomic E-state index is 13.4. The van der Waals surface area contributed by atoms with Gasteiger partial charge in [-0.2, -0.15) is 18.4 Å². The van der Waals surface area contributed by atoms with Gasteiger partial charge in [-0.1, -0.05) is 13.8 Å². The summed E-state index contributed by atoms with van der Waals surface area (Å²) in [7, 11) is 0. The highest BCUT2D eigenvalue weighted by atomic mass is 19.4. The minimum Gasteiger partial charge on any atom is -0.444 e. The largest absolute Gasteiger partial charge is 0.444 e. The van der Waals surface area contributed by atoms with Gasteiger partial charge < -0.3 is 14.5 Å². The van der Waals surface area contributed by atoms with Gasteiger partial charge in [-0.15, -0.1) is 0 Å². The number of piperazine rings is 1. The zero-order valence-electron chi connectivity index (χ0n) is 17.2. The predicted octanol–water partition coefficient (Wildman–Crippen LogP) is 3.64. The molecule has 0 aliphatic carbocycles. The number of aromatic nitrogens is 2. The molecule has 1 aromatic rings. The van der Waals surface area contributed by atoms with E-state index in [0.29, 0.717) is 0 Å². The number of nitriles is 1. The van der Waals surface area contributed by atoms with Gasteiger partial charge in [0.25, 0.3) is 0 Å². The third-order valence-electron chi connectivity index (χ3n) is 4.49. The Morgan fingerprint density at radius 2 is 2.00 bits per heavy atom. The average Bonchev–Trinajstić information content (AvgIpc) is 2.59. The summed E-state index contributed by atoms with van der Waals surface area (Å²) in [6, 6.07) is 1.43. The Morgan fingerprint density at radius 1 is 1.34 bits per heavy atom. The number of carbonyl (C=O) groups is 1. The van der Waals surface area contributed by atoms with Crippen molar-refractivity contribution in [2.24, 2.45) is 5.92 Å². The number of halogens is 3. The number of ether oxygens (including phenoxy) is 1. The Kier molecular flexibility index (Phi) is 6.60. The van der Waals surface area contributed by atoms with Gasteiger partial charge in [0, 0.05) is 31.4 Å². The van der Waals surface area contributed by atoms with Crippen LogP contribution in [0.5, 0.6) is 0 Å². The molecule has 0 N–H and O–H groups in total. The van der Waals surface area contributed by atoms with E-state index in [4.69, 9.17) is 10.00 Å². The normalized spacial score (nSPS) is 18.0. The smallest absolute Gasteiger partial charge is 0.433 e. The fraction of sp³-hybridized carbons (Fsp3) is 0.684. The molecule has 1 atom stereocenters. The molecule has 160 valence electrons. The Bertz CT molecular complexity index is 784. The number of nitrogens with zero attached hydrogens (tertiary/aromatic N) is 5. The maximum Gasteiger partial charge on any atom is 0.433 e. The summed E-state index contributed by atoms with van der Waals surface area (Å²) >= 11 is 0. The van der Waals surface area contributed by atoms with Crippen LogP contribution in [-0.2, 0) is 17.3 Å². The van der Waals surface area contributed by atoms with Gasteiger partial charge in [0.1, 0.15) is 5.60 Å². The Labute approximate surface area is 168 Å². The summed E-state index contributed by atoms with van der Waals surface area (Å²) < 4.78 is 45.6. The molecule has 1 aliphatic rings. The summed E-state index contributed by atoms with van der Waals surface area (Å²) in [6.45, 7) is 10.0. The van der Waals surface area contributed by atoms with Crippen molar-refractivity contribution >= 4 is 12.0 Å². The minimum absolute atomic E-state index is 0.0250. The van der Waals surface area contributed by atoms with E-state index in [2.05, 4.69) is 9.97 Å². The first-order chi connectivity index (χ1) is 13.3. The van der Waals surface area contributed by atoms with Crippen LogP contribution in [0.2, 0.25) is 0 Å². The second-order valence-corrected chi connectivity index (χ2v) is 8.31. The fourth-order valence-electron chi connectivity index (χ4n) is 3.12. The lowest BCUT2D eigenvalue weighted by molar-refractivity contribution is -0.141. The summed E-state index contributed by atoms with van der Waals surface area (Å²) in [5.74, 6) is -0.0292. The Hall–Kier alpha value is -2.57. The molecule has 10 heteroatoms. The first-order valence-corrected chi connectivity index (χ1v) is 9.38. The zero-order chi connectivity index (χ0) is 22.0. The van der Waals surface area contributed by atoms with Crippen LogP contribution in [0.3, 0.4) is 0 Å². The van der Waals surface area contributed by atoms with Crippen molar-refractivity contribution in [2.45, 2.75) is 58.9 Å². The lowest BCUT2D eigenvalue weighted by atomic mass is 10.00. The van der Waals surface area contributed by atoms with Crippen molar-refractivity contribution in [3.05, 3.63) is 17.5 Å². The van der Waals surface area contributed by atoms with Crippen LogP contribution in [0.25, 0.3) is 0 Å². The first-order valence-electron chi connectivity index (χ1n) is 9.38. The number of anilines is 1. The molecule has 29 heavy (non-hydrogen) atoms. The van der Waals surface area contributed by atoms with Gasteiger partial charge in [0.2, 0.25) is 5.95 Å². The molecule has 0 saturated carbocycles. The van der Waals surface area contributed by atoms with Gasteiger partial charge in [0.15, 0.2) is 5.69 Å². The molecular formula is C19H26F3N5O2. The summed E-state index contributed by atoms with van der Waals surface area (Å²) in [5, 5.41) is 8.77. The quantitative estimate of drug-likeness (QED) is 0.752. The van der Waals surface area contributed by atoms with Gasteiger partial charge in [-0.3, -0.25) is 0 Å².